The predicted octanol–water partition coefficient (Wildman–Crippen LogP) is 13.4. The van der Waals surface area contributed by atoms with Crippen molar-refractivity contribution in [2.45, 2.75) is 0 Å². The predicted molar refractivity (Wildman–Crippen MR) is 230 cm³/mol. The molecule has 0 radical (unpaired) electrons. The highest BCUT2D eigenvalue weighted by Crippen LogP contribution is 2.40. The first-order chi connectivity index (χ1) is 28.2. The van der Waals surface area contributed by atoms with Crippen molar-refractivity contribution in [3.8, 4) is 51.0 Å². The summed E-state index contributed by atoms with van der Waals surface area (Å²) in [6.45, 7) is 0. The van der Waals surface area contributed by atoms with Gasteiger partial charge < -0.3 is 13.4 Å². The van der Waals surface area contributed by atoms with E-state index in [9.17, 15) is 0 Å². The summed E-state index contributed by atoms with van der Waals surface area (Å²) in [7, 11) is 0. The number of nitrogens with zero attached hydrogens (tertiary/aromatic N) is 4. The molecule has 0 bridgehead atoms. The lowest BCUT2D eigenvalue weighted by atomic mass is 10.00. The summed E-state index contributed by atoms with van der Waals surface area (Å²) in [4.78, 5) is 15.0. The van der Waals surface area contributed by atoms with Crippen molar-refractivity contribution in [1.82, 2.24) is 19.5 Å². The minimum atomic E-state index is 0.595. The van der Waals surface area contributed by atoms with Crippen LogP contribution in [0.4, 0.5) is 0 Å². The van der Waals surface area contributed by atoms with Gasteiger partial charge in [-0.15, -0.1) is 0 Å². The highest BCUT2D eigenvalue weighted by atomic mass is 16.3. The number of hydrogen-bond donors (Lipinski definition) is 0. The van der Waals surface area contributed by atoms with Crippen LogP contribution in [0.5, 0.6) is 0 Å². The van der Waals surface area contributed by atoms with Crippen LogP contribution in [0.3, 0.4) is 0 Å². The van der Waals surface area contributed by atoms with Crippen LogP contribution in [-0.2, 0) is 0 Å². The third-order valence-corrected chi connectivity index (χ3v) is 11.1. The molecule has 0 unspecified atom stereocenters. The van der Waals surface area contributed by atoms with Crippen LogP contribution in [0.15, 0.2) is 191 Å². The van der Waals surface area contributed by atoms with Crippen LogP contribution in [0, 0.1) is 0 Å². The first-order valence-electron chi connectivity index (χ1n) is 19.0. The summed E-state index contributed by atoms with van der Waals surface area (Å²) >= 11 is 0. The fraction of sp³-hybridized carbons (Fsp3) is 0. The summed E-state index contributed by atoms with van der Waals surface area (Å²) < 4.78 is 15.3. The second kappa shape index (κ2) is 12.3. The van der Waals surface area contributed by atoms with Gasteiger partial charge in [-0.05, 0) is 71.8 Å². The molecule has 4 aromatic heterocycles. The maximum absolute atomic E-state index is 6.58. The average molecular weight is 731 g/mol. The molecule has 12 rings (SSSR count). The molecule has 0 amide bonds. The van der Waals surface area contributed by atoms with Crippen molar-refractivity contribution in [2.24, 2.45) is 0 Å². The molecular weight excluding hydrogens is 701 g/mol. The lowest BCUT2D eigenvalue weighted by molar-refractivity contribution is 0.669. The first kappa shape index (κ1) is 31.5. The molecule has 57 heavy (non-hydrogen) atoms. The molecule has 0 spiro atoms. The van der Waals surface area contributed by atoms with Crippen molar-refractivity contribution in [3.63, 3.8) is 0 Å². The summed E-state index contributed by atoms with van der Waals surface area (Å²) in [5, 5.41) is 6.58. The highest BCUT2D eigenvalue weighted by molar-refractivity contribution is 6.13. The number of fused-ring (bicyclic) bond motifs is 9. The second-order valence-electron chi connectivity index (χ2n) is 14.4. The number of benzene rings is 8. The Bertz CT molecular complexity index is 3410. The zero-order valence-electron chi connectivity index (χ0n) is 30.4. The lowest BCUT2D eigenvalue weighted by Crippen LogP contribution is -2.00. The van der Waals surface area contributed by atoms with E-state index in [1.165, 1.54) is 21.8 Å². The van der Waals surface area contributed by atoms with Crippen molar-refractivity contribution >= 4 is 65.7 Å². The van der Waals surface area contributed by atoms with E-state index in [1.54, 1.807) is 0 Å². The Kier molecular flexibility index (Phi) is 6.83. The van der Waals surface area contributed by atoms with Crippen LogP contribution in [0.25, 0.3) is 117 Å². The minimum absolute atomic E-state index is 0.595. The van der Waals surface area contributed by atoms with Crippen molar-refractivity contribution in [3.05, 3.63) is 182 Å². The molecule has 4 heterocycles. The van der Waals surface area contributed by atoms with Crippen LogP contribution < -0.4 is 0 Å². The van der Waals surface area contributed by atoms with Gasteiger partial charge in [-0.3, -0.25) is 0 Å². The fourth-order valence-corrected chi connectivity index (χ4v) is 8.41. The molecule has 0 saturated heterocycles. The van der Waals surface area contributed by atoms with Crippen molar-refractivity contribution < 1.29 is 8.83 Å². The normalized spacial score (nSPS) is 11.9. The topological polar surface area (TPSA) is 69.9 Å². The molecule has 6 nitrogen and oxygen atoms in total. The standard InChI is InChI=1S/C51H30N4O2/c1-3-12-31(13-4-1)49-52-50(32-14-5-2-6-15-32)54-51(53-49)39-18-11-21-46-48(39)38-25-22-34(29-47(38)57-46)33-23-26-44-40(28-33)41-30-35(24-27-45(41)56-44)55-42-19-9-7-16-36(42)37-17-8-10-20-43(37)55/h1-30H. The SMILES string of the molecule is c1ccc(-c2nc(-c3ccccc3)nc(-c3cccc4oc5cc(-c6ccc7oc8ccc(-n9c%10ccccc%10c%10ccccc%109)cc8c7c6)ccc5c34)n2)cc1. The molecular formula is C51H30N4O2. The van der Waals surface area contributed by atoms with Gasteiger partial charge in [0, 0.05) is 54.7 Å². The van der Waals surface area contributed by atoms with Crippen LogP contribution in [0.2, 0.25) is 0 Å². The number of para-hydroxylation sites is 2. The van der Waals surface area contributed by atoms with Crippen LogP contribution in [0.1, 0.15) is 0 Å². The molecule has 12 aromatic rings. The van der Waals surface area contributed by atoms with Gasteiger partial charge in [0.05, 0.1) is 11.0 Å². The van der Waals surface area contributed by atoms with E-state index in [4.69, 9.17) is 23.8 Å². The molecule has 266 valence electrons. The van der Waals surface area contributed by atoms with Crippen molar-refractivity contribution in [1.29, 1.82) is 0 Å². The van der Waals surface area contributed by atoms with Crippen LogP contribution >= 0.6 is 0 Å². The smallest absolute Gasteiger partial charge is 0.164 e. The van der Waals surface area contributed by atoms with Gasteiger partial charge in [0.2, 0.25) is 0 Å². The third kappa shape index (κ3) is 5.01. The number of rotatable bonds is 5. The zero-order chi connectivity index (χ0) is 37.5. The minimum Gasteiger partial charge on any atom is -0.456 e. The average Bonchev–Trinajstić information content (AvgIpc) is 3.95. The Morgan fingerprint density at radius 1 is 0.333 bits per heavy atom. The molecule has 0 fully saturated rings. The Morgan fingerprint density at radius 3 is 1.60 bits per heavy atom. The molecule has 6 heteroatoms. The fourth-order valence-electron chi connectivity index (χ4n) is 8.41. The number of aromatic nitrogens is 4. The lowest BCUT2D eigenvalue weighted by Gasteiger charge is -2.09. The van der Waals surface area contributed by atoms with E-state index in [0.29, 0.717) is 17.5 Å². The Hall–Kier alpha value is -7.83. The monoisotopic (exact) mass is 730 g/mol. The number of furan rings is 2. The molecule has 0 saturated carbocycles. The maximum Gasteiger partial charge on any atom is 0.164 e. The Labute approximate surface area is 325 Å². The van der Waals surface area contributed by atoms with E-state index >= 15 is 0 Å². The van der Waals surface area contributed by atoms with Gasteiger partial charge >= 0.3 is 0 Å². The molecule has 0 atom stereocenters. The van der Waals surface area contributed by atoms with Gasteiger partial charge in [0.1, 0.15) is 22.3 Å². The number of hydrogen-bond acceptors (Lipinski definition) is 5. The van der Waals surface area contributed by atoms with E-state index < -0.39 is 0 Å². The van der Waals surface area contributed by atoms with E-state index in [2.05, 4.69) is 114 Å². The molecule has 8 aromatic carbocycles. The van der Waals surface area contributed by atoms with E-state index in [1.807, 2.05) is 72.8 Å². The zero-order valence-corrected chi connectivity index (χ0v) is 30.4. The van der Waals surface area contributed by atoms with E-state index in [0.717, 1.165) is 77.4 Å². The van der Waals surface area contributed by atoms with Gasteiger partial charge in [0.25, 0.3) is 0 Å². The summed E-state index contributed by atoms with van der Waals surface area (Å²) in [6.07, 6.45) is 0. The van der Waals surface area contributed by atoms with Gasteiger partial charge in [-0.1, -0.05) is 121 Å². The quantitative estimate of drug-likeness (QED) is 0.176. The molecule has 0 aliphatic rings. The second-order valence-corrected chi connectivity index (χ2v) is 14.4. The summed E-state index contributed by atoms with van der Waals surface area (Å²) in [6, 6.07) is 62.7. The Morgan fingerprint density at radius 2 is 0.895 bits per heavy atom. The molecule has 0 N–H and O–H groups in total. The van der Waals surface area contributed by atoms with Gasteiger partial charge in [-0.25, -0.2) is 15.0 Å². The van der Waals surface area contributed by atoms with Gasteiger partial charge in [0.15, 0.2) is 17.5 Å². The summed E-state index contributed by atoms with van der Waals surface area (Å²) in [5.41, 5.74) is 11.6. The largest absolute Gasteiger partial charge is 0.456 e. The molecule has 0 aliphatic carbocycles. The van der Waals surface area contributed by atoms with E-state index in [-0.39, 0.29) is 0 Å². The third-order valence-electron chi connectivity index (χ3n) is 11.1. The highest BCUT2D eigenvalue weighted by Gasteiger charge is 2.19. The maximum atomic E-state index is 6.58. The Balaban J connectivity index is 0.982. The van der Waals surface area contributed by atoms with Crippen LogP contribution in [-0.4, -0.2) is 19.5 Å². The molecule has 0 aliphatic heterocycles. The van der Waals surface area contributed by atoms with Gasteiger partial charge in [-0.2, -0.15) is 0 Å². The first-order valence-corrected chi connectivity index (χ1v) is 19.0. The summed E-state index contributed by atoms with van der Waals surface area (Å²) in [5.74, 6) is 1.84. The van der Waals surface area contributed by atoms with Crippen molar-refractivity contribution in [2.75, 3.05) is 0 Å².